The molecule has 1 aliphatic rings. The number of nitrogens with one attached hydrogen (secondary N) is 2. The summed E-state index contributed by atoms with van der Waals surface area (Å²) < 4.78 is 65.2. The minimum absolute atomic E-state index is 0.0494. The molecule has 0 bridgehead atoms. The van der Waals surface area contributed by atoms with Gasteiger partial charge in [-0.3, -0.25) is 9.20 Å². The molecule has 1 fully saturated rings. The molecule has 7 nitrogen and oxygen atoms in total. The third kappa shape index (κ3) is 5.98. The quantitative estimate of drug-likeness (QED) is 0.223. The molecule has 40 heavy (non-hydrogen) atoms. The van der Waals surface area contributed by atoms with E-state index in [-0.39, 0.29) is 35.7 Å². The summed E-state index contributed by atoms with van der Waals surface area (Å²) in [4.78, 5) is 17.1. The molecule has 0 saturated heterocycles. The lowest BCUT2D eigenvalue weighted by Crippen LogP contribution is -2.27. The van der Waals surface area contributed by atoms with Crippen LogP contribution in [0.15, 0.2) is 54.9 Å². The number of rotatable bonds is 9. The summed E-state index contributed by atoms with van der Waals surface area (Å²) in [6, 6.07) is 11.2. The minimum Gasteiger partial charge on any atom is -0.494 e. The predicted molar refractivity (Wildman–Crippen MR) is 143 cm³/mol. The first-order chi connectivity index (χ1) is 19.0. The second-order valence-electron chi connectivity index (χ2n) is 9.94. The third-order valence-corrected chi connectivity index (χ3v) is 6.86. The molecule has 2 N–H and O–H groups in total. The van der Waals surface area contributed by atoms with Gasteiger partial charge in [-0.2, -0.15) is 13.2 Å². The first-order valence-corrected chi connectivity index (χ1v) is 12.8. The number of anilines is 1. The van der Waals surface area contributed by atoms with E-state index >= 15 is 0 Å². The Labute approximate surface area is 228 Å². The van der Waals surface area contributed by atoms with Crippen LogP contribution in [0, 0.1) is 18.7 Å². The lowest BCUT2D eigenvalue weighted by Gasteiger charge is -2.14. The maximum absolute atomic E-state index is 14.3. The first-order valence-electron chi connectivity index (χ1n) is 12.8. The Hall–Kier alpha value is -4.28. The number of benzene rings is 2. The standard InChI is InChI=1S/C29H28F4N4O3/c1-16-10-18(4-6-21(16)28(38)36-23-11-17(23)2)25-14-35-27-24(34-9-8-29(31,32)33)13-20(15-37(25)27)40-19-5-7-26(39-3)22(30)12-19/h4-7,10,12-15,17,23,34H,8-9,11H2,1-3H3,(H,36,38)/t17-,23-/m0/s1. The number of carbonyl (C=O) groups is 1. The Morgan fingerprint density at radius 1 is 1.15 bits per heavy atom. The largest absolute Gasteiger partial charge is 0.494 e. The van der Waals surface area contributed by atoms with Gasteiger partial charge in [0, 0.05) is 35.8 Å². The number of hydrogen-bond donors (Lipinski definition) is 2. The number of methoxy groups -OCH3 is 1. The first kappa shape index (κ1) is 27.3. The summed E-state index contributed by atoms with van der Waals surface area (Å²) in [5.41, 5.74) is 3.40. The maximum atomic E-state index is 14.3. The molecule has 0 spiro atoms. The topological polar surface area (TPSA) is 76.9 Å². The number of ether oxygens (including phenoxy) is 2. The lowest BCUT2D eigenvalue weighted by atomic mass is 10.0. The number of alkyl halides is 3. The van der Waals surface area contributed by atoms with E-state index in [1.165, 1.54) is 25.3 Å². The smallest absolute Gasteiger partial charge is 0.390 e. The molecule has 0 aliphatic heterocycles. The number of aryl methyl sites for hydroxylation is 1. The van der Waals surface area contributed by atoms with Crippen LogP contribution < -0.4 is 20.1 Å². The highest BCUT2D eigenvalue weighted by Crippen LogP contribution is 2.34. The fourth-order valence-electron chi connectivity index (χ4n) is 4.49. The van der Waals surface area contributed by atoms with Crippen LogP contribution in [0.4, 0.5) is 23.2 Å². The van der Waals surface area contributed by atoms with Gasteiger partial charge in [-0.05, 0) is 49.1 Å². The normalized spacial score (nSPS) is 16.6. The predicted octanol–water partition coefficient (Wildman–Crippen LogP) is 6.75. The van der Waals surface area contributed by atoms with Gasteiger partial charge in [-0.15, -0.1) is 0 Å². The van der Waals surface area contributed by atoms with Crippen LogP contribution in [0.2, 0.25) is 0 Å². The van der Waals surface area contributed by atoms with Crippen LogP contribution in [0.3, 0.4) is 0 Å². The van der Waals surface area contributed by atoms with Crippen molar-refractivity contribution in [2.45, 2.75) is 38.9 Å². The molecule has 210 valence electrons. The summed E-state index contributed by atoms with van der Waals surface area (Å²) in [5, 5.41) is 5.83. The summed E-state index contributed by atoms with van der Waals surface area (Å²) >= 11 is 0. The SMILES string of the molecule is COc1ccc(Oc2cc(NCCC(F)(F)F)c3ncc(-c4ccc(C(=O)N[C@H]5C[C@@H]5C)c(C)c4)n3c2)cc1F. The van der Waals surface area contributed by atoms with Gasteiger partial charge in [0.15, 0.2) is 17.2 Å². The molecule has 1 aliphatic carbocycles. The van der Waals surface area contributed by atoms with E-state index in [0.717, 1.165) is 23.6 Å². The Balaban J connectivity index is 1.49. The third-order valence-electron chi connectivity index (χ3n) is 6.86. The van der Waals surface area contributed by atoms with E-state index in [2.05, 4.69) is 22.5 Å². The summed E-state index contributed by atoms with van der Waals surface area (Å²) in [5.74, 6) is 0.201. The van der Waals surface area contributed by atoms with Crippen molar-refractivity contribution >= 4 is 17.2 Å². The molecule has 2 heterocycles. The summed E-state index contributed by atoms with van der Waals surface area (Å²) in [6.07, 6.45) is -1.18. The van der Waals surface area contributed by atoms with Crippen molar-refractivity contribution in [1.82, 2.24) is 14.7 Å². The van der Waals surface area contributed by atoms with Gasteiger partial charge in [-0.1, -0.05) is 13.0 Å². The van der Waals surface area contributed by atoms with E-state index in [0.29, 0.717) is 28.5 Å². The lowest BCUT2D eigenvalue weighted by molar-refractivity contribution is -0.131. The molecule has 4 aromatic rings. The number of pyridine rings is 1. The van der Waals surface area contributed by atoms with Crippen LogP contribution in [0.25, 0.3) is 16.9 Å². The Morgan fingerprint density at radius 3 is 2.58 bits per heavy atom. The Bertz CT molecular complexity index is 1570. The van der Waals surface area contributed by atoms with Crippen LogP contribution in [0.1, 0.15) is 35.7 Å². The maximum Gasteiger partial charge on any atom is 0.390 e. The molecule has 1 amide bonds. The molecule has 11 heteroatoms. The van der Waals surface area contributed by atoms with Gasteiger partial charge in [0.05, 0.1) is 37.3 Å². The molecular formula is C29H28F4N4O3. The second kappa shape index (κ2) is 10.7. The highest BCUT2D eigenvalue weighted by molar-refractivity contribution is 5.96. The van der Waals surface area contributed by atoms with Crippen LogP contribution >= 0.6 is 0 Å². The van der Waals surface area contributed by atoms with Gasteiger partial charge < -0.3 is 20.1 Å². The molecule has 2 aromatic heterocycles. The van der Waals surface area contributed by atoms with Gasteiger partial charge in [0.1, 0.15) is 11.5 Å². The van der Waals surface area contributed by atoms with Crippen molar-refractivity contribution in [3.8, 4) is 28.5 Å². The van der Waals surface area contributed by atoms with Crippen molar-refractivity contribution in [1.29, 1.82) is 0 Å². The molecule has 5 rings (SSSR count). The average molecular weight is 557 g/mol. The number of nitrogens with zero attached hydrogens (tertiary/aromatic N) is 2. The van der Waals surface area contributed by atoms with E-state index < -0.39 is 18.4 Å². The van der Waals surface area contributed by atoms with Crippen LogP contribution in [-0.2, 0) is 0 Å². The van der Waals surface area contributed by atoms with Gasteiger partial charge in [0.2, 0.25) is 0 Å². The van der Waals surface area contributed by atoms with Gasteiger partial charge in [-0.25, -0.2) is 9.37 Å². The van der Waals surface area contributed by atoms with Crippen molar-refractivity contribution < 1.29 is 31.8 Å². The monoisotopic (exact) mass is 556 g/mol. The number of imidazole rings is 1. The van der Waals surface area contributed by atoms with Gasteiger partial charge >= 0.3 is 6.18 Å². The number of aromatic nitrogens is 2. The molecule has 1 saturated carbocycles. The number of hydrogen-bond acceptors (Lipinski definition) is 5. The molecule has 2 aromatic carbocycles. The highest BCUT2D eigenvalue weighted by Gasteiger charge is 2.34. The Morgan fingerprint density at radius 2 is 1.93 bits per heavy atom. The molecule has 0 radical (unpaired) electrons. The fraction of sp³-hybridized carbons (Fsp3) is 0.310. The number of carbonyl (C=O) groups excluding carboxylic acids is 1. The number of fused-ring (bicyclic) bond motifs is 1. The van der Waals surface area contributed by atoms with E-state index in [4.69, 9.17) is 9.47 Å². The molecule has 2 atom stereocenters. The number of amides is 1. The molecular weight excluding hydrogens is 528 g/mol. The van der Waals surface area contributed by atoms with Crippen molar-refractivity contribution in [3.05, 3.63) is 71.8 Å². The zero-order chi connectivity index (χ0) is 28.6. The fourth-order valence-corrected chi connectivity index (χ4v) is 4.49. The van der Waals surface area contributed by atoms with Crippen molar-refractivity contribution in [3.63, 3.8) is 0 Å². The zero-order valence-corrected chi connectivity index (χ0v) is 22.1. The zero-order valence-electron chi connectivity index (χ0n) is 22.1. The van der Waals surface area contributed by atoms with Crippen LogP contribution in [-0.4, -0.2) is 41.2 Å². The van der Waals surface area contributed by atoms with Crippen LogP contribution in [0.5, 0.6) is 17.2 Å². The van der Waals surface area contributed by atoms with Crippen molar-refractivity contribution in [2.24, 2.45) is 5.92 Å². The average Bonchev–Trinajstić information content (AvgIpc) is 3.40. The van der Waals surface area contributed by atoms with Crippen molar-refractivity contribution in [2.75, 3.05) is 19.0 Å². The minimum atomic E-state index is -4.33. The van der Waals surface area contributed by atoms with E-state index in [9.17, 15) is 22.4 Å². The van der Waals surface area contributed by atoms with Gasteiger partial charge in [0.25, 0.3) is 5.91 Å². The highest BCUT2D eigenvalue weighted by atomic mass is 19.4. The molecule has 0 unspecified atom stereocenters. The summed E-state index contributed by atoms with van der Waals surface area (Å²) in [7, 11) is 1.35. The number of halogens is 4. The summed E-state index contributed by atoms with van der Waals surface area (Å²) in [6.45, 7) is 3.56. The van der Waals surface area contributed by atoms with E-state index in [1.54, 1.807) is 28.9 Å². The van der Waals surface area contributed by atoms with E-state index in [1.807, 2.05) is 13.0 Å². The second-order valence-corrected chi connectivity index (χ2v) is 9.94. The Kier molecular flexibility index (Phi) is 7.31.